The van der Waals surface area contributed by atoms with Crippen molar-refractivity contribution in [3.63, 3.8) is 0 Å². The Labute approximate surface area is 101 Å². The molecular formula is C14H27NO. The molecule has 0 spiro atoms. The lowest BCUT2D eigenvalue weighted by Crippen LogP contribution is -2.12. The molecule has 0 radical (unpaired) electrons. The zero-order valence-corrected chi connectivity index (χ0v) is 11.3. The highest BCUT2D eigenvalue weighted by Crippen LogP contribution is 2.10. The lowest BCUT2D eigenvalue weighted by atomic mass is 10.1. The van der Waals surface area contributed by atoms with E-state index < -0.39 is 0 Å². The fourth-order valence-corrected chi connectivity index (χ4v) is 1.58. The van der Waals surface area contributed by atoms with Gasteiger partial charge in [0.2, 0.25) is 0 Å². The Morgan fingerprint density at radius 2 is 1.69 bits per heavy atom. The van der Waals surface area contributed by atoms with Gasteiger partial charge in [-0.3, -0.25) is 0 Å². The first-order valence-electron chi connectivity index (χ1n) is 6.13. The molecule has 0 aliphatic carbocycles. The van der Waals surface area contributed by atoms with Gasteiger partial charge in [-0.2, -0.15) is 0 Å². The molecule has 0 rings (SSSR count). The summed E-state index contributed by atoms with van der Waals surface area (Å²) < 4.78 is 0. The topological polar surface area (TPSA) is 23.5 Å². The summed E-state index contributed by atoms with van der Waals surface area (Å²) in [5.74, 6) is 0. The molecule has 0 bridgehead atoms. The Morgan fingerprint density at radius 1 is 1.06 bits per heavy atom. The monoisotopic (exact) mass is 225 g/mol. The number of hydrogen-bond acceptors (Lipinski definition) is 2. The van der Waals surface area contributed by atoms with E-state index in [1.54, 1.807) is 0 Å². The van der Waals surface area contributed by atoms with Crippen LogP contribution in [0.3, 0.4) is 0 Å². The maximum atomic E-state index is 8.72. The van der Waals surface area contributed by atoms with Crippen LogP contribution in [-0.2, 0) is 0 Å². The quantitative estimate of drug-likeness (QED) is 0.642. The van der Waals surface area contributed by atoms with Crippen LogP contribution in [0.4, 0.5) is 0 Å². The number of allylic oxidation sites excluding steroid dienone is 3. The van der Waals surface area contributed by atoms with Crippen LogP contribution in [0.5, 0.6) is 0 Å². The largest absolute Gasteiger partial charge is 0.392 e. The van der Waals surface area contributed by atoms with Gasteiger partial charge in [0.15, 0.2) is 0 Å². The molecule has 0 aromatic rings. The van der Waals surface area contributed by atoms with Crippen LogP contribution in [0.15, 0.2) is 23.3 Å². The molecular weight excluding hydrogens is 198 g/mol. The third-order valence-corrected chi connectivity index (χ3v) is 2.65. The highest BCUT2D eigenvalue weighted by molar-refractivity contribution is 5.03. The van der Waals surface area contributed by atoms with Gasteiger partial charge in [0.05, 0.1) is 6.61 Å². The summed E-state index contributed by atoms with van der Waals surface area (Å²) in [6.45, 7) is 5.61. The van der Waals surface area contributed by atoms with E-state index in [4.69, 9.17) is 5.11 Å². The van der Waals surface area contributed by atoms with E-state index in [9.17, 15) is 0 Å². The molecule has 2 nitrogen and oxygen atoms in total. The Kier molecular flexibility index (Phi) is 9.25. The van der Waals surface area contributed by atoms with Crippen molar-refractivity contribution in [2.45, 2.75) is 39.5 Å². The second kappa shape index (κ2) is 9.61. The van der Waals surface area contributed by atoms with Gasteiger partial charge in [-0.05, 0) is 60.2 Å². The van der Waals surface area contributed by atoms with Crippen LogP contribution in [-0.4, -0.2) is 37.3 Å². The first kappa shape index (κ1) is 15.4. The molecule has 94 valence electrons. The average molecular weight is 225 g/mol. The van der Waals surface area contributed by atoms with E-state index in [-0.39, 0.29) is 6.61 Å². The van der Waals surface area contributed by atoms with Gasteiger partial charge < -0.3 is 10.0 Å². The molecule has 0 aromatic carbocycles. The molecule has 0 saturated heterocycles. The highest BCUT2D eigenvalue weighted by atomic mass is 16.2. The predicted molar refractivity (Wildman–Crippen MR) is 71.6 cm³/mol. The maximum absolute atomic E-state index is 8.72. The molecule has 0 amide bonds. The van der Waals surface area contributed by atoms with Crippen LogP contribution in [0, 0.1) is 0 Å². The van der Waals surface area contributed by atoms with Crippen LogP contribution in [0.1, 0.15) is 39.5 Å². The van der Waals surface area contributed by atoms with Crippen molar-refractivity contribution in [2.75, 3.05) is 27.2 Å². The normalized spacial score (nSPS) is 13.6. The zero-order valence-electron chi connectivity index (χ0n) is 11.3. The van der Waals surface area contributed by atoms with E-state index in [0.717, 1.165) is 19.4 Å². The SMILES string of the molecule is C/C(=C\CO)CC/C=C(\C)CCCN(C)C. The van der Waals surface area contributed by atoms with E-state index in [0.29, 0.717) is 0 Å². The molecule has 0 atom stereocenters. The zero-order chi connectivity index (χ0) is 12.4. The van der Waals surface area contributed by atoms with Crippen molar-refractivity contribution in [1.29, 1.82) is 0 Å². The average Bonchev–Trinajstić information content (AvgIpc) is 2.17. The van der Waals surface area contributed by atoms with Crippen molar-refractivity contribution in [3.05, 3.63) is 23.3 Å². The Bertz CT molecular complexity index is 229. The first-order valence-corrected chi connectivity index (χ1v) is 6.13. The molecule has 0 aliphatic heterocycles. The van der Waals surface area contributed by atoms with Crippen LogP contribution in [0.2, 0.25) is 0 Å². The van der Waals surface area contributed by atoms with Crippen LogP contribution < -0.4 is 0 Å². The molecule has 0 heterocycles. The second-order valence-electron chi connectivity index (χ2n) is 4.73. The molecule has 0 unspecified atom stereocenters. The van der Waals surface area contributed by atoms with Crippen molar-refractivity contribution < 1.29 is 5.11 Å². The summed E-state index contributed by atoms with van der Waals surface area (Å²) in [5.41, 5.74) is 2.76. The molecule has 2 heteroatoms. The van der Waals surface area contributed by atoms with Crippen molar-refractivity contribution in [1.82, 2.24) is 4.90 Å². The summed E-state index contributed by atoms with van der Waals surface area (Å²) in [6.07, 6.45) is 8.79. The number of aliphatic hydroxyl groups excluding tert-OH is 1. The Balaban J connectivity index is 3.66. The van der Waals surface area contributed by atoms with E-state index in [1.165, 1.54) is 24.0 Å². The number of hydrogen-bond donors (Lipinski definition) is 1. The smallest absolute Gasteiger partial charge is 0.0614 e. The minimum atomic E-state index is 0.164. The van der Waals surface area contributed by atoms with Gasteiger partial charge >= 0.3 is 0 Å². The second-order valence-corrected chi connectivity index (χ2v) is 4.73. The van der Waals surface area contributed by atoms with Gasteiger partial charge in [0.25, 0.3) is 0 Å². The van der Waals surface area contributed by atoms with Crippen LogP contribution in [0.25, 0.3) is 0 Å². The van der Waals surface area contributed by atoms with Gasteiger partial charge in [-0.25, -0.2) is 0 Å². The standard InChI is InChI=1S/C14H27NO/c1-13(9-6-11-15(3)4)7-5-8-14(2)10-12-16/h7,10,16H,5-6,8-9,11-12H2,1-4H3/b13-7+,14-10+. The van der Waals surface area contributed by atoms with E-state index >= 15 is 0 Å². The van der Waals surface area contributed by atoms with Gasteiger partial charge in [-0.1, -0.05) is 23.3 Å². The number of nitrogens with zero attached hydrogens (tertiary/aromatic N) is 1. The van der Waals surface area contributed by atoms with Crippen LogP contribution >= 0.6 is 0 Å². The summed E-state index contributed by atoms with van der Waals surface area (Å²) in [6, 6.07) is 0. The minimum Gasteiger partial charge on any atom is -0.392 e. The number of aliphatic hydroxyl groups is 1. The Morgan fingerprint density at radius 3 is 2.25 bits per heavy atom. The van der Waals surface area contributed by atoms with Crippen molar-refractivity contribution in [2.24, 2.45) is 0 Å². The molecule has 0 aromatic heterocycles. The van der Waals surface area contributed by atoms with E-state index in [1.807, 2.05) is 6.08 Å². The van der Waals surface area contributed by atoms with Gasteiger partial charge in [-0.15, -0.1) is 0 Å². The summed E-state index contributed by atoms with van der Waals surface area (Å²) >= 11 is 0. The fraction of sp³-hybridized carbons (Fsp3) is 0.714. The minimum absolute atomic E-state index is 0.164. The predicted octanol–water partition coefficient (Wildman–Crippen LogP) is 2.99. The Hall–Kier alpha value is -0.600. The maximum Gasteiger partial charge on any atom is 0.0614 e. The molecule has 1 N–H and O–H groups in total. The summed E-state index contributed by atoms with van der Waals surface area (Å²) in [5, 5.41) is 8.72. The number of rotatable bonds is 8. The molecule has 0 saturated carbocycles. The first-order chi connectivity index (χ1) is 7.56. The highest BCUT2D eigenvalue weighted by Gasteiger charge is 1.93. The van der Waals surface area contributed by atoms with Crippen molar-refractivity contribution >= 4 is 0 Å². The van der Waals surface area contributed by atoms with Gasteiger partial charge in [0, 0.05) is 0 Å². The molecule has 16 heavy (non-hydrogen) atoms. The van der Waals surface area contributed by atoms with Gasteiger partial charge in [0.1, 0.15) is 0 Å². The third kappa shape index (κ3) is 9.94. The molecule has 0 fully saturated rings. The summed E-state index contributed by atoms with van der Waals surface area (Å²) in [7, 11) is 4.23. The fourth-order valence-electron chi connectivity index (χ4n) is 1.58. The lowest BCUT2D eigenvalue weighted by molar-refractivity contribution is 0.341. The third-order valence-electron chi connectivity index (χ3n) is 2.65. The lowest BCUT2D eigenvalue weighted by Gasteiger charge is -2.08. The van der Waals surface area contributed by atoms with Crippen molar-refractivity contribution in [3.8, 4) is 0 Å². The molecule has 0 aliphatic rings. The van der Waals surface area contributed by atoms with E-state index in [2.05, 4.69) is 38.9 Å². The summed E-state index contributed by atoms with van der Waals surface area (Å²) in [4.78, 5) is 2.22.